The molecule has 0 aliphatic heterocycles. The fourth-order valence-electron chi connectivity index (χ4n) is 4.32. The molecule has 0 amide bonds. The predicted molar refractivity (Wildman–Crippen MR) is 103 cm³/mol. The van der Waals surface area contributed by atoms with Crippen molar-refractivity contribution in [1.82, 2.24) is 0 Å². The molecule has 2 atom stereocenters. The molecular weight excluding hydrogens is 360 g/mol. The van der Waals surface area contributed by atoms with E-state index in [-0.39, 0.29) is 37.6 Å². The van der Waals surface area contributed by atoms with Crippen molar-refractivity contribution < 1.29 is 28.7 Å². The average molecular weight is 392 g/mol. The fourth-order valence-corrected chi connectivity index (χ4v) is 4.32. The lowest BCUT2D eigenvalue weighted by Gasteiger charge is -2.33. The number of hydrogen-bond acceptors (Lipinski definition) is 6. The van der Waals surface area contributed by atoms with Crippen molar-refractivity contribution in [3.63, 3.8) is 0 Å². The normalized spacial score (nSPS) is 28.4. The minimum absolute atomic E-state index is 0.0734. The van der Waals surface area contributed by atoms with Crippen LogP contribution in [0.15, 0.2) is 12.2 Å². The van der Waals surface area contributed by atoms with Gasteiger partial charge in [0.2, 0.25) is 0 Å². The van der Waals surface area contributed by atoms with E-state index in [9.17, 15) is 19.2 Å². The van der Waals surface area contributed by atoms with E-state index in [1.807, 2.05) is 0 Å². The van der Waals surface area contributed by atoms with Crippen molar-refractivity contribution in [2.75, 3.05) is 13.2 Å². The van der Waals surface area contributed by atoms with Crippen LogP contribution in [0.2, 0.25) is 0 Å². The summed E-state index contributed by atoms with van der Waals surface area (Å²) in [5.41, 5.74) is -2.25. The number of ketones is 2. The van der Waals surface area contributed by atoms with Gasteiger partial charge in [0.1, 0.15) is 22.4 Å². The van der Waals surface area contributed by atoms with E-state index in [2.05, 4.69) is 0 Å². The highest BCUT2D eigenvalue weighted by molar-refractivity contribution is 6.05. The first-order valence-electron chi connectivity index (χ1n) is 10.5. The Bertz CT molecular complexity index is 583. The van der Waals surface area contributed by atoms with Gasteiger partial charge in [-0.15, -0.1) is 0 Å². The molecule has 28 heavy (non-hydrogen) atoms. The summed E-state index contributed by atoms with van der Waals surface area (Å²) in [5, 5.41) is 0. The van der Waals surface area contributed by atoms with Gasteiger partial charge >= 0.3 is 11.9 Å². The Morgan fingerprint density at radius 1 is 0.786 bits per heavy atom. The molecule has 2 aliphatic carbocycles. The molecule has 6 nitrogen and oxygen atoms in total. The largest absolute Gasteiger partial charge is 0.465 e. The SMILES string of the molecule is CCOC(=O)C1(C/C=C/CC2(C(=O)OCC)CCCCC2=O)CCCCC1=O. The Labute approximate surface area is 167 Å². The monoisotopic (exact) mass is 392 g/mol. The van der Waals surface area contributed by atoms with E-state index >= 15 is 0 Å². The molecular formula is C22H32O6. The first kappa shape index (κ1) is 22.3. The van der Waals surface area contributed by atoms with Crippen LogP contribution in [0.4, 0.5) is 0 Å². The number of hydrogen-bond donors (Lipinski definition) is 0. The third-order valence-electron chi connectivity index (χ3n) is 6.01. The van der Waals surface area contributed by atoms with Gasteiger partial charge in [-0.3, -0.25) is 19.2 Å². The van der Waals surface area contributed by atoms with Crippen molar-refractivity contribution >= 4 is 23.5 Å². The van der Waals surface area contributed by atoms with E-state index in [4.69, 9.17) is 9.47 Å². The summed E-state index contributed by atoms with van der Waals surface area (Å²) in [6.07, 6.45) is 8.98. The van der Waals surface area contributed by atoms with E-state index in [0.29, 0.717) is 25.7 Å². The standard InChI is InChI=1S/C22H32O6/c1-3-27-19(25)21(13-7-5-11-17(21)23)15-9-10-16-22(20(26)28-4-2)14-8-6-12-18(22)24/h9-10H,3-8,11-16H2,1-2H3/b10-9+. The first-order valence-corrected chi connectivity index (χ1v) is 10.5. The molecule has 0 heterocycles. The number of allylic oxidation sites excluding steroid dienone is 2. The summed E-state index contributed by atoms with van der Waals surface area (Å²) in [6.45, 7) is 3.93. The summed E-state index contributed by atoms with van der Waals surface area (Å²) in [5.74, 6) is -1.07. The quantitative estimate of drug-likeness (QED) is 0.356. The van der Waals surface area contributed by atoms with Crippen molar-refractivity contribution in [3.8, 4) is 0 Å². The van der Waals surface area contributed by atoms with E-state index in [1.54, 1.807) is 26.0 Å². The minimum atomic E-state index is -1.13. The van der Waals surface area contributed by atoms with Gasteiger partial charge in [-0.2, -0.15) is 0 Å². The summed E-state index contributed by atoms with van der Waals surface area (Å²) < 4.78 is 10.4. The molecule has 2 saturated carbocycles. The summed E-state index contributed by atoms with van der Waals surface area (Å²) >= 11 is 0. The van der Waals surface area contributed by atoms with Gasteiger partial charge in [0, 0.05) is 12.8 Å². The van der Waals surface area contributed by atoms with Crippen LogP contribution < -0.4 is 0 Å². The number of esters is 2. The van der Waals surface area contributed by atoms with Crippen LogP contribution in [0.25, 0.3) is 0 Å². The lowest BCUT2D eigenvalue weighted by molar-refractivity contribution is -0.163. The third kappa shape index (κ3) is 4.53. The minimum Gasteiger partial charge on any atom is -0.465 e. The summed E-state index contributed by atoms with van der Waals surface area (Å²) in [6, 6.07) is 0. The highest BCUT2D eigenvalue weighted by atomic mass is 16.5. The molecule has 0 N–H and O–H groups in total. The Hall–Kier alpha value is -1.98. The number of rotatable bonds is 8. The maximum absolute atomic E-state index is 12.6. The van der Waals surface area contributed by atoms with Crippen molar-refractivity contribution in [2.45, 2.75) is 78.1 Å². The summed E-state index contributed by atoms with van der Waals surface area (Å²) in [4.78, 5) is 50.2. The molecule has 2 rings (SSSR count). The highest BCUT2D eigenvalue weighted by Crippen LogP contribution is 2.40. The topological polar surface area (TPSA) is 86.7 Å². The molecule has 0 aromatic rings. The molecule has 0 aromatic heterocycles. The molecule has 2 fully saturated rings. The van der Waals surface area contributed by atoms with Crippen LogP contribution in [-0.2, 0) is 28.7 Å². The Balaban J connectivity index is 2.15. The highest BCUT2D eigenvalue weighted by Gasteiger charge is 2.48. The Kier molecular flexibility index (Phi) is 7.96. The molecule has 0 saturated heterocycles. The van der Waals surface area contributed by atoms with Crippen LogP contribution in [0, 0.1) is 10.8 Å². The van der Waals surface area contributed by atoms with Gasteiger partial charge in [0.15, 0.2) is 0 Å². The lowest BCUT2D eigenvalue weighted by Crippen LogP contribution is -2.43. The number of ether oxygens (including phenoxy) is 2. The molecule has 0 aromatic carbocycles. The maximum Gasteiger partial charge on any atom is 0.319 e. The van der Waals surface area contributed by atoms with Gasteiger partial charge in [0.25, 0.3) is 0 Å². The van der Waals surface area contributed by atoms with Gasteiger partial charge in [-0.25, -0.2) is 0 Å². The summed E-state index contributed by atoms with van der Waals surface area (Å²) in [7, 11) is 0. The fraction of sp³-hybridized carbons (Fsp3) is 0.727. The molecule has 2 unspecified atom stereocenters. The van der Waals surface area contributed by atoms with Crippen LogP contribution in [0.5, 0.6) is 0 Å². The second-order valence-electron chi connectivity index (χ2n) is 7.75. The number of Topliss-reactive ketones (excluding diaryl/α,β-unsaturated/α-hetero) is 2. The second kappa shape index (κ2) is 9.99. The van der Waals surface area contributed by atoms with Gasteiger partial charge in [-0.05, 0) is 52.4 Å². The van der Waals surface area contributed by atoms with Gasteiger partial charge in [0.05, 0.1) is 13.2 Å². The zero-order valence-corrected chi connectivity index (χ0v) is 17.1. The van der Waals surface area contributed by atoms with Gasteiger partial charge < -0.3 is 9.47 Å². The maximum atomic E-state index is 12.6. The molecule has 156 valence electrons. The lowest BCUT2D eigenvalue weighted by atomic mass is 9.69. The van der Waals surface area contributed by atoms with E-state index in [0.717, 1.165) is 25.7 Å². The number of carbonyl (C=O) groups excluding carboxylic acids is 4. The smallest absolute Gasteiger partial charge is 0.319 e. The molecule has 0 bridgehead atoms. The predicted octanol–water partition coefficient (Wildman–Crippen LogP) is 3.71. The van der Waals surface area contributed by atoms with Gasteiger partial charge in [-0.1, -0.05) is 25.0 Å². The molecule has 0 radical (unpaired) electrons. The van der Waals surface area contributed by atoms with Crippen LogP contribution >= 0.6 is 0 Å². The zero-order chi connectivity index (χ0) is 20.6. The van der Waals surface area contributed by atoms with Crippen molar-refractivity contribution in [2.24, 2.45) is 10.8 Å². The van der Waals surface area contributed by atoms with Crippen LogP contribution in [0.3, 0.4) is 0 Å². The first-order chi connectivity index (χ1) is 13.4. The zero-order valence-electron chi connectivity index (χ0n) is 17.1. The second-order valence-corrected chi connectivity index (χ2v) is 7.75. The third-order valence-corrected chi connectivity index (χ3v) is 6.01. The van der Waals surface area contributed by atoms with Crippen LogP contribution in [0.1, 0.15) is 78.1 Å². The molecule has 0 spiro atoms. The van der Waals surface area contributed by atoms with Crippen molar-refractivity contribution in [1.29, 1.82) is 0 Å². The number of carbonyl (C=O) groups is 4. The van der Waals surface area contributed by atoms with Crippen LogP contribution in [-0.4, -0.2) is 36.7 Å². The van der Waals surface area contributed by atoms with E-state index in [1.165, 1.54) is 0 Å². The van der Waals surface area contributed by atoms with E-state index < -0.39 is 22.8 Å². The molecule has 2 aliphatic rings. The average Bonchev–Trinajstić information content (AvgIpc) is 2.68. The Morgan fingerprint density at radius 2 is 1.18 bits per heavy atom. The molecule has 6 heteroatoms. The Morgan fingerprint density at radius 3 is 1.50 bits per heavy atom. The van der Waals surface area contributed by atoms with Crippen molar-refractivity contribution in [3.05, 3.63) is 12.2 Å².